The third-order valence-corrected chi connectivity index (χ3v) is 7.94. The number of nitrogens with zero attached hydrogens (tertiary/aromatic N) is 5. The van der Waals surface area contributed by atoms with Gasteiger partial charge < -0.3 is 19.9 Å². The predicted molar refractivity (Wildman–Crippen MR) is 135 cm³/mol. The van der Waals surface area contributed by atoms with Gasteiger partial charge in [0, 0.05) is 57.3 Å². The molecule has 8 heteroatoms. The second kappa shape index (κ2) is 12.3. The van der Waals surface area contributed by atoms with Gasteiger partial charge in [-0.1, -0.05) is 6.42 Å². The molecule has 34 heavy (non-hydrogen) atoms. The highest BCUT2D eigenvalue weighted by Gasteiger charge is 2.41. The summed E-state index contributed by atoms with van der Waals surface area (Å²) in [6.45, 7) is 11.2. The van der Waals surface area contributed by atoms with Crippen LogP contribution < -0.4 is 10.2 Å². The van der Waals surface area contributed by atoms with Crippen LogP contribution in [-0.2, 0) is 9.53 Å². The van der Waals surface area contributed by atoms with Crippen LogP contribution in [0.2, 0.25) is 0 Å². The first-order valence-electron chi connectivity index (χ1n) is 13.4. The minimum absolute atomic E-state index is 0.0253. The molecule has 3 fully saturated rings. The van der Waals surface area contributed by atoms with Crippen molar-refractivity contribution in [2.45, 2.75) is 82.8 Å². The van der Waals surface area contributed by atoms with Crippen LogP contribution in [0.15, 0.2) is 12.4 Å². The van der Waals surface area contributed by atoms with Gasteiger partial charge in [-0.2, -0.15) is 0 Å². The van der Waals surface area contributed by atoms with Crippen LogP contribution in [0.5, 0.6) is 0 Å². The summed E-state index contributed by atoms with van der Waals surface area (Å²) < 4.78 is 4.83. The number of piperazine rings is 1. The van der Waals surface area contributed by atoms with Gasteiger partial charge >= 0.3 is 0 Å². The van der Waals surface area contributed by atoms with Gasteiger partial charge in [0.15, 0.2) is 0 Å². The van der Waals surface area contributed by atoms with Crippen LogP contribution in [-0.4, -0.2) is 96.8 Å². The number of hydrogen-bond acceptors (Lipinski definition) is 7. The van der Waals surface area contributed by atoms with Crippen molar-refractivity contribution in [2.24, 2.45) is 0 Å². The molecule has 0 radical (unpaired) electrons. The molecule has 2 atom stereocenters. The van der Waals surface area contributed by atoms with E-state index in [1.165, 1.54) is 37.7 Å². The lowest BCUT2D eigenvalue weighted by molar-refractivity contribution is -0.124. The number of unbranched alkanes of at least 4 members (excludes halogenated alkanes) is 2. The van der Waals surface area contributed by atoms with Crippen LogP contribution in [0.4, 0.5) is 5.95 Å². The van der Waals surface area contributed by atoms with Gasteiger partial charge in [0.05, 0.1) is 0 Å². The maximum absolute atomic E-state index is 11.4. The van der Waals surface area contributed by atoms with E-state index in [9.17, 15) is 4.79 Å². The second-order valence-electron chi connectivity index (χ2n) is 10.6. The summed E-state index contributed by atoms with van der Waals surface area (Å²) in [5, 5.41) is 2.89. The summed E-state index contributed by atoms with van der Waals surface area (Å²) >= 11 is 0. The number of carbonyl (C=O) groups excluding carboxylic acids is 1. The Balaban J connectivity index is 1.16. The molecule has 4 heterocycles. The minimum atomic E-state index is -0.0253. The molecule has 4 rings (SSSR count). The summed E-state index contributed by atoms with van der Waals surface area (Å²) in [7, 11) is 1.55. The van der Waals surface area contributed by atoms with Gasteiger partial charge in [-0.05, 0) is 83.5 Å². The van der Waals surface area contributed by atoms with Crippen molar-refractivity contribution in [2.75, 3.05) is 57.9 Å². The van der Waals surface area contributed by atoms with Crippen molar-refractivity contribution in [1.29, 1.82) is 0 Å². The third kappa shape index (κ3) is 6.46. The van der Waals surface area contributed by atoms with Crippen molar-refractivity contribution in [3.05, 3.63) is 18.0 Å². The molecule has 0 saturated carbocycles. The number of carbonyl (C=O) groups is 1. The number of fused-ring (bicyclic) bond motifs is 2. The Morgan fingerprint density at radius 2 is 1.74 bits per heavy atom. The third-order valence-electron chi connectivity index (χ3n) is 7.94. The Kier molecular flexibility index (Phi) is 9.14. The first kappa shape index (κ1) is 25.3. The highest BCUT2D eigenvalue weighted by molar-refractivity contribution is 5.77. The number of aromatic nitrogens is 2. The monoisotopic (exact) mass is 472 g/mol. The van der Waals surface area contributed by atoms with Crippen LogP contribution >= 0.6 is 0 Å². The minimum Gasteiger partial charge on any atom is -0.375 e. The van der Waals surface area contributed by atoms with E-state index in [-0.39, 0.29) is 12.5 Å². The number of methoxy groups -OCH3 is 1. The zero-order valence-corrected chi connectivity index (χ0v) is 21.4. The molecule has 2 bridgehead atoms. The number of amides is 1. The second-order valence-corrected chi connectivity index (χ2v) is 10.6. The zero-order valence-electron chi connectivity index (χ0n) is 21.4. The molecular weight excluding hydrogens is 428 g/mol. The fourth-order valence-corrected chi connectivity index (χ4v) is 5.90. The Hall–Kier alpha value is -1.77. The van der Waals surface area contributed by atoms with Gasteiger partial charge in [-0.15, -0.1) is 0 Å². The quantitative estimate of drug-likeness (QED) is 0.496. The normalized spacial score (nSPS) is 24.2. The maximum atomic E-state index is 11.4. The molecule has 0 aromatic carbocycles. The first-order valence-corrected chi connectivity index (χ1v) is 13.4. The molecule has 3 aliphatic rings. The lowest BCUT2D eigenvalue weighted by Gasteiger charge is -2.42. The lowest BCUT2D eigenvalue weighted by Crippen LogP contribution is -2.56. The molecule has 190 valence electrons. The number of likely N-dealkylation sites (tertiary alicyclic amines) is 2. The summed E-state index contributed by atoms with van der Waals surface area (Å²) in [5.41, 5.74) is 1.31. The molecular formula is C26H44N6O2. The van der Waals surface area contributed by atoms with Crippen LogP contribution in [0, 0.1) is 0 Å². The van der Waals surface area contributed by atoms with E-state index >= 15 is 0 Å². The van der Waals surface area contributed by atoms with Gasteiger partial charge in [0.1, 0.15) is 6.61 Å². The zero-order chi connectivity index (χ0) is 23.9. The summed E-state index contributed by atoms with van der Waals surface area (Å²) in [5.74, 6) is 1.49. The largest absolute Gasteiger partial charge is 0.375 e. The van der Waals surface area contributed by atoms with Crippen molar-refractivity contribution in [3.8, 4) is 0 Å². The van der Waals surface area contributed by atoms with E-state index in [0.717, 1.165) is 58.1 Å². The SMILES string of the molecule is COCC(=O)NCCCCCN1CCC(c2cnc(N3C4CCC3CN(C(C)C)C4)nc2)CC1. The Morgan fingerprint density at radius 3 is 2.35 bits per heavy atom. The molecule has 0 aliphatic carbocycles. The molecule has 3 aliphatic heterocycles. The number of rotatable bonds is 11. The van der Waals surface area contributed by atoms with Gasteiger partial charge in [0.25, 0.3) is 0 Å². The van der Waals surface area contributed by atoms with Crippen LogP contribution in [0.1, 0.15) is 70.3 Å². The number of anilines is 1. The highest BCUT2D eigenvalue weighted by Crippen LogP contribution is 2.34. The topological polar surface area (TPSA) is 73.8 Å². The number of piperidine rings is 1. The standard InChI is InChI=1S/C26H44N6O2/c1-20(2)31-17-23-7-8-24(18-31)32(23)26-28-15-22(16-29-26)21-9-13-30(14-10-21)12-6-4-5-11-27-25(33)19-34-3/h15-16,20-21,23-24H,4-14,17-19H2,1-3H3,(H,27,33). The molecule has 1 aromatic heterocycles. The van der Waals surface area contributed by atoms with E-state index in [1.807, 2.05) is 0 Å². The molecule has 2 unspecified atom stereocenters. The van der Waals surface area contributed by atoms with E-state index < -0.39 is 0 Å². The maximum Gasteiger partial charge on any atom is 0.245 e. The number of hydrogen-bond donors (Lipinski definition) is 1. The molecule has 1 amide bonds. The molecule has 1 aromatic rings. The van der Waals surface area contributed by atoms with E-state index in [4.69, 9.17) is 14.7 Å². The predicted octanol–water partition coefficient (Wildman–Crippen LogP) is 2.65. The summed E-state index contributed by atoms with van der Waals surface area (Å²) in [4.78, 5) is 28.8. The lowest BCUT2D eigenvalue weighted by atomic mass is 9.91. The Morgan fingerprint density at radius 1 is 1.06 bits per heavy atom. The van der Waals surface area contributed by atoms with E-state index in [2.05, 4.69) is 46.3 Å². The molecule has 1 N–H and O–H groups in total. The van der Waals surface area contributed by atoms with Crippen molar-refractivity contribution < 1.29 is 9.53 Å². The van der Waals surface area contributed by atoms with Gasteiger partial charge in [-0.3, -0.25) is 9.69 Å². The molecule has 0 spiro atoms. The fourth-order valence-electron chi connectivity index (χ4n) is 5.90. The van der Waals surface area contributed by atoms with Gasteiger partial charge in [-0.25, -0.2) is 9.97 Å². The average molecular weight is 473 g/mol. The smallest absolute Gasteiger partial charge is 0.245 e. The molecule has 8 nitrogen and oxygen atoms in total. The fraction of sp³-hybridized carbons (Fsp3) is 0.808. The average Bonchev–Trinajstić information content (AvgIpc) is 3.10. The summed E-state index contributed by atoms with van der Waals surface area (Å²) in [6, 6.07) is 1.75. The Bertz CT molecular complexity index is 751. The van der Waals surface area contributed by atoms with Crippen molar-refractivity contribution in [1.82, 2.24) is 25.1 Å². The number of nitrogens with one attached hydrogen (secondary N) is 1. The first-order chi connectivity index (χ1) is 16.5. The van der Waals surface area contributed by atoms with Crippen LogP contribution in [0.3, 0.4) is 0 Å². The van der Waals surface area contributed by atoms with Crippen LogP contribution in [0.25, 0.3) is 0 Å². The van der Waals surface area contributed by atoms with Crippen molar-refractivity contribution in [3.63, 3.8) is 0 Å². The molecule has 3 saturated heterocycles. The Labute approximate surface area is 205 Å². The van der Waals surface area contributed by atoms with Gasteiger partial charge in [0.2, 0.25) is 11.9 Å². The van der Waals surface area contributed by atoms with E-state index in [0.29, 0.717) is 24.0 Å². The highest BCUT2D eigenvalue weighted by atomic mass is 16.5. The summed E-state index contributed by atoms with van der Waals surface area (Å²) in [6.07, 6.45) is 12.5. The van der Waals surface area contributed by atoms with E-state index in [1.54, 1.807) is 7.11 Å². The van der Waals surface area contributed by atoms with Crippen molar-refractivity contribution >= 4 is 11.9 Å². The number of ether oxygens (including phenoxy) is 1.